The summed E-state index contributed by atoms with van der Waals surface area (Å²) < 4.78 is 13.6. The lowest BCUT2D eigenvalue weighted by atomic mass is 10.2. The quantitative estimate of drug-likeness (QED) is 0.754. The molecule has 0 aliphatic rings. The Morgan fingerprint density at radius 1 is 1.50 bits per heavy atom. The highest BCUT2D eigenvalue weighted by molar-refractivity contribution is 5.79. The van der Waals surface area contributed by atoms with Gasteiger partial charge in [-0.25, -0.2) is 4.39 Å². The molecule has 1 aromatic rings. The van der Waals surface area contributed by atoms with Crippen molar-refractivity contribution in [2.24, 2.45) is 5.73 Å². The van der Waals surface area contributed by atoms with Gasteiger partial charge in [-0.1, -0.05) is 0 Å². The van der Waals surface area contributed by atoms with Crippen molar-refractivity contribution in [3.63, 3.8) is 0 Å². The van der Waals surface area contributed by atoms with Gasteiger partial charge in [-0.2, -0.15) is 0 Å². The van der Waals surface area contributed by atoms with Crippen LogP contribution in [0.2, 0.25) is 0 Å². The Morgan fingerprint density at radius 2 is 2.12 bits per heavy atom. The zero-order valence-corrected chi connectivity index (χ0v) is 9.40. The molecule has 1 aromatic carbocycles. The van der Waals surface area contributed by atoms with Crippen molar-refractivity contribution >= 4 is 17.3 Å². The fourth-order valence-electron chi connectivity index (χ4n) is 1.47. The zero-order valence-electron chi connectivity index (χ0n) is 9.40. The molecule has 0 aromatic heterocycles. The molecule has 0 aliphatic heterocycles. The van der Waals surface area contributed by atoms with E-state index in [0.717, 1.165) is 0 Å². The lowest BCUT2D eigenvalue weighted by Crippen LogP contribution is -2.39. The van der Waals surface area contributed by atoms with Gasteiger partial charge in [0.2, 0.25) is 5.91 Å². The largest absolute Gasteiger partial charge is 0.399 e. The van der Waals surface area contributed by atoms with E-state index in [0.29, 0.717) is 11.4 Å². The number of nitrogens with two attached hydrogens (primary N) is 2. The Labute approximate surface area is 94.0 Å². The minimum absolute atomic E-state index is 0.0154. The van der Waals surface area contributed by atoms with Gasteiger partial charge in [0.25, 0.3) is 0 Å². The molecular weight excluding hydrogens is 209 g/mol. The van der Waals surface area contributed by atoms with Gasteiger partial charge < -0.3 is 16.4 Å². The lowest BCUT2D eigenvalue weighted by molar-refractivity contribution is -0.116. The van der Waals surface area contributed by atoms with E-state index in [2.05, 4.69) is 0 Å². The Morgan fingerprint density at radius 3 is 2.56 bits per heavy atom. The Bertz CT molecular complexity index is 393. The molecule has 0 heterocycles. The summed E-state index contributed by atoms with van der Waals surface area (Å²) in [7, 11) is 0. The molecule has 1 amide bonds. The van der Waals surface area contributed by atoms with Crippen LogP contribution in [-0.2, 0) is 4.79 Å². The van der Waals surface area contributed by atoms with Gasteiger partial charge in [0.05, 0.1) is 12.2 Å². The van der Waals surface area contributed by atoms with Gasteiger partial charge >= 0.3 is 0 Å². The minimum atomic E-state index is -0.495. The molecule has 5 heteroatoms. The van der Waals surface area contributed by atoms with Crippen LogP contribution in [0.25, 0.3) is 0 Å². The maximum Gasteiger partial charge on any atom is 0.236 e. The standard InChI is InChI=1S/C11H16FN3O/c1-7(2)15(6-11(14)16)10-4-3-8(13)5-9(10)12/h3-5,7H,6,13H2,1-2H3,(H2,14,16). The minimum Gasteiger partial charge on any atom is -0.399 e. The van der Waals surface area contributed by atoms with Gasteiger partial charge in [-0.3, -0.25) is 4.79 Å². The number of nitrogen functional groups attached to an aromatic ring is 1. The molecule has 0 bridgehead atoms. The number of anilines is 2. The molecule has 0 spiro atoms. The summed E-state index contributed by atoms with van der Waals surface area (Å²) in [5.41, 5.74) is 11.3. The molecule has 0 aliphatic carbocycles. The van der Waals surface area contributed by atoms with Crippen molar-refractivity contribution in [3.05, 3.63) is 24.0 Å². The maximum atomic E-state index is 13.6. The van der Waals surface area contributed by atoms with Crippen LogP contribution >= 0.6 is 0 Å². The summed E-state index contributed by atoms with van der Waals surface area (Å²) >= 11 is 0. The average molecular weight is 225 g/mol. The second-order valence-corrected chi connectivity index (χ2v) is 3.90. The number of benzene rings is 1. The molecule has 88 valence electrons. The highest BCUT2D eigenvalue weighted by Crippen LogP contribution is 2.23. The second-order valence-electron chi connectivity index (χ2n) is 3.90. The van der Waals surface area contributed by atoms with Crippen LogP contribution in [0, 0.1) is 5.82 Å². The highest BCUT2D eigenvalue weighted by Gasteiger charge is 2.16. The van der Waals surface area contributed by atoms with E-state index in [-0.39, 0.29) is 12.6 Å². The lowest BCUT2D eigenvalue weighted by Gasteiger charge is -2.28. The molecule has 0 saturated carbocycles. The van der Waals surface area contributed by atoms with Crippen LogP contribution in [-0.4, -0.2) is 18.5 Å². The van der Waals surface area contributed by atoms with Crippen molar-refractivity contribution in [1.82, 2.24) is 0 Å². The van der Waals surface area contributed by atoms with Gasteiger partial charge in [-0.05, 0) is 32.0 Å². The van der Waals surface area contributed by atoms with E-state index in [1.165, 1.54) is 6.07 Å². The smallest absolute Gasteiger partial charge is 0.236 e. The highest BCUT2D eigenvalue weighted by atomic mass is 19.1. The van der Waals surface area contributed by atoms with E-state index < -0.39 is 11.7 Å². The van der Waals surface area contributed by atoms with Crippen LogP contribution in [0.1, 0.15) is 13.8 Å². The monoisotopic (exact) mass is 225 g/mol. The Hall–Kier alpha value is -1.78. The first-order valence-electron chi connectivity index (χ1n) is 5.01. The normalized spacial score (nSPS) is 10.5. The van der Waals surface area contributed by atoms with E-state index in [1.54, 1.807) is 17.0 Å². The van der Waals surface area contributed by atoms with Crippen molar-refractivity contribution in [2.45, 2.75) is 19.9 Å². The first kappa shape index (κ1) is 12.3. The molecule has 1 rings (SSSR count). The maximum absolute atomic E-state index is 13.6. The average Bonchev–Trinajstić information content (AvgIpc) is 2.14. The Balaban J connectivity index is 3.05. The number of halogens is 1. The zero-order chi connectivity index (χ0) is 12.3. The topological polar surface area (TPSA) is 72.3 Å². The number of carbonyl (C=O) groups excluding carboxylic acids is 1. The van der Waals surface area contributed by atoms with Crippen LogP contribution in [0.4, 0.5) is 15.8 Å². The summed E-state index contributed by atoms with van der Waals surface area (Å²) in [6.45, 7) is 3.70. The number of nitrogens with zero attached hydrogens (tertiary/aromatic N) is 1. The Kier molecular flexibility index (Phi) is 3.71. The third-order valence-electron chi connectivity index (χ3n) is 2.23. The van der Waals surface area contributed by atoms with Crippen LogP contribution in [0.5, 0.6) is 0 Å². The van der Waals surface area contributed by atoms with Crippen LogP contribution in [0.15, 0.2) is 18.2 Å². The van der Waals surface area contributed by atoms with Gasteiger partial charge in [0.15, 0.2) is 0 Å². The van der Waals surface area contributed by atoms with E-state index in [4.69, 9.17) is 11.5 Å². The fraction of sp³-hybridized carbons (Fsp3) is 0.364. The molecule has 0 fully saturated rings. The van der Waals surface area contributed by atoms with E-state index in [1.807, 2.05) is 13.8 Å². The fourth-order valence-corrected chi connectivity index (χ4v) is 1.47. The number of hydrogen-bond acceptors (Lipinski definition) is 3. The summed E-state index contributed by atoms with van der Waals surface area (Å²) in [6.07, 6.45) is 0. The third kappa shape index (κ3) is 2.85. The van der Waals surface area contributed by atoms with Crippen molar-refractivity contribution in [3.8, 4) is 0 Å². The first-order valence-corrected chi connectivity index (χ1v) is 5.01. The summed E-state index contributed by atoms with van der Waals surface area (Å²) in [5, 5.41) is 0. The molecule has 4 N–H and O–H groups in total. The molecule has 4 nitrogen and oxygen atoms in total. The third-order valence-corrected chi connectivity index (χ3v) is 2.23. The number of hydrogen-bond donors (Lipinski definition) is 2. The second kappa shape index (κ2) is 4.83. The molecule has 0 radical (unpaired) electrons. The van der Waals surface area contributed by atoms with Crippen molar-refractivity contribution < 1.29 is 9.18 Å². The summed E-state index contributed by atoms with van der Waals surface area (Å²) in [4.78, 5) is 12.5. The van der Waals surface area contributed by atoms with E-state index >= 15 is 0 Å². The molecule has 0 atom stereocenters. The summed E-state index contributed by atoms with van der Waals surface area (Å²) in [6, 6.07) is 4.35. The molecular formula is C11H16FN3O. The van der Waals surface area contributed by atoms with Gasteiger partial charge in [0, 0.05) is 11.7 Å². The molecule has 0 unspecified atom stereocenters. The first-order chi connectivity index (χ1) is 7.41. The number of carbonyl (C=O) groups is 1. The van der Waals surface area contributed by atoms with Crippen LogP contribution in [0.3, 0.4) is 0 Å². The van der Waals surface area contributed by atoms with Crippen molar-refractivity contribution in [2.75, 3.05) is 17.2 Å². The van der Waals surface area contributed by atoms with Gasteiger partial charge in [0.1, 0.15) is 5.82 Å². The number of amides is 1. The van der Waals surface area contributed by atoms with E-state index in [9.17, 15) is 9.18 Å². The van der Waals surface area contributed by atoms with Crippen molar-refractivity contribution in [1.29, 1.82) is 0 Å². The predicted molar refractivity (Wildman–Crippen MR) is 62.5 cm³/mol. The predicted octanol–water partition coefficient (Wildman–Crippen LogP) is 1.11. The number of primary amides is 1. The van der Waals surface area contributed by atoms with Gasteiger partial charge in [-0.15, -0.1) is 0 Å². The molecule has 0 saturated heterocycles. The molecule has 16 heavy (non-hydrogen) atoms. The number of rotatable bonds is 4. The van der Waals surface area contributed by atoms with Crippen LogP contribution < -0.4 is 16.4 Å². The summed E-state index contributed by atoms with van der Waals surface area (Å²) in [5.74, 6) is -0.945. The SMILES string of the molecule is CC(C)N(CC(N)=O)c1ccc(N)cc1F.